The summed E-state index contributed by atoms with van der Waals surface area (Å²) in [6.07, 6.45) is 0.268. The number of anilines is 1. The number of hydrogen-bond donors (Lipinski definition) is 1. The lowest BCUT2D eigenvalue weighted by molar-refractivity contribution is 0.0846. The molecule has 0 spiro atoms. The lowest BCUT2D eigenvalue weighted by atomic mass is 10.1. The maximum absolute atomic E-state index is 6.38. The van der Waals surface area contributed by atoms with E-state index in [4.69, 9.17) is 16.3 Å². The molecule has 0 atom stereocenters. The highest BCUT2D eigenvalue weighted by Crippen LogP contribution is 2.26. The van der Waals surface area contributed by atoms with Crippen LogP contribution in [0.25, 0.3) is 0 Å². The topological polar surface area (TPSA) is 24.5 Å². The fourth-order valence-corrected chi connectivity index (χ4v) is 2.35. The molecule has 0 unspecified atom stereocenters. The zero-order valence-electron chi connectivity index (χ0n) is 13.9. The minimum atomic E-state index is 0.268. The number of nitrogens with one attached hydrogen (secondary N) is 1. The van der Waals surface area contributed by atoms with Gasteiger partial charge in [0.1, 0.15) is 0 Å². The van der Waals surface area contributed by atoms with Crippen LogP contribution in [0.1, 0.15) is 33.3 Å². The molecule has 1 aromatic rings. The molecule has 1 N–H and O–H groups in total. The van der Waals surface area contributed by atoms with Crippen LogP contribution >= 0.6 is 11.6 Å². The number of nitrogens with zero attached hydrogens (tertiary/aromatic N) is 1. The maximum atomic E-state index is 6.38. The number of hydrogen-bond acceptors (Lipinski definition) is 3. The molecule has 0 fully saturated rings. The molecule has 0 bridgehead atoms. The second kappa shape index (κ2) is 9.29. The van der Waals surface area contributed by atoms with Crippen LogP contribution in [0.2, 0.25) is 5.02 Å². The third-order valence-electron chi connectivity index (χ3n) is 3.24. The van der Waals surface area contributed by atoms with Crippen LogP contribution in [0, 0.1) is 5.92 Å². The van der Waals surface area contributed by atoms with Crippen molar-refractivity contribution < 1.29 is 4.74 Å². The lowest BCUT2D eigenvalue weighted by Crippen LogP contribution is -2.26. The summed E-state index contributed by atoms with van der Waals surface area (Å²) in [5, 5.41) is 4.29. The smallest absolute Gasteiger partial charge is 0.0644 e. The minimum Gasteiger partial charge on any atom is -0.377 e. The van der Waals surface area contributed by atoms with E-state index in [0.29, 0.717) is 5.92 Å². The summed E-state index contributed by atoms with van der Waals surface area (Å²) in [5.74, 6) is 0.633. The second-order valence-electron chi connectivity index (χ2n) is 6.10. The minimum absolute atomic E-state index is 0.268. The van der Waals surface area contributed by atoms with Crippen molar-refractivity contribution in [3.63, 3.8) is 0 Å². The van der Waals surface area contributed by atoms with Crippen molar-refractivity contribution >= 4 is 17.3 Å². The third kappa shape index (κ3) is 6.68. The average Bonchev–Trinajstić information content (AvgIpc) is 2.39. The maximum Gasteiger partial charge on any atom is 0.0644 e. The second-order valence-corrected chi connectivity index (χ2v) is 6.51. The van der Waals surface area contributed by atoms with E-state index in [1.54, 1.807) is 0 Å². The molecule has 1 aromatic carbocycles. The van der Waals surface area contributed by atoms with E-state index in [-0.39, 0.29) is 6.10 Å². The molecule has 3 nitrogen and oxygen atoms in total. The monoisotopic (exact) mass is 312 g/mol. The summed E-state index contributed by atoms with van der Waals surface area (Å²) in [4.78, 5) is 2.21. The Morgan fingerprint density at radius 1 is 1.24 bits per heavy atom. The van der Waals surface area contributed by atoms with Gasteiger partial charge >= 0.3 is 0 Å². The predicted molar refractivity (Wildman–Crippen MR) is 92.4 cm³/mol. The van der Waals surface area contributed by atoms with Gasteiger partial charge in [-0.1, -0.05) is 31.5 Å². The largest absolute Gasteiger partial charge is 0.377 e. The molecule has 120 valence electrons. The molecule has 1 rings (SSSR count). The third-order valence-corrected chi connectivity index (χ3v) is 3.59. The molecule has 4 heteroatoms. The first-order chi connectivity index (χ1) is 9.91. The zero-order chi connectivity index (χ0) is 15.8. The van der Waals surface area contributed by atoms with E-state index in [2.05, 4.69) is 51.0 Å². The Morgan fingerprint density at radius 3 is 2.57 bits per heavy atom. The Bertz CT molecular complexity index is 421. The van der Waals surface area contributed by atoms with E-state index in [0.717, 1.165) is 36.8 Å². The Labute approximate surface area is 134 Å². The first-order valence-corrected chi connectivity index (χ1v) is 8.10. The van der Waals surface area contributed by atoms with Gasteiger partial charge in [0.2, 0.25) is 0 Å². The highest BCUT2D eigenvalue weighted by Gasteiger charge is 2.11. The van der Waals surface area contributed by atoms with Crippen LogP contribution in [0.4, 0.5) is 5.69 Å². The standard InChI is InChI=1S/C17H29ClN2O/c1-13(2)11-19-12-15-16(18)7-6-8-17(15)20(5)9-10-21-14(3)4/h6-8,13-14,19H,9-12H2,1-5H3. The first-order valence-electron chi connectivity index (χ1n) is 7.72. The molecule has 0 amide bonds. The fraction of sp³-hybridized carbons (Fsp3) is 0.647. The van der Waals surface area contributed by atoms with Gasteiger partial charge in [-0.3, -0.25) is 0 Å². The average molecular weight is 313 g/mol. The van der Waals surface area contributed by atoms with Crippen LogP contribution in [-0.4, -0.2) is 32.8 Å². The Kier molecular flexibility index (Phi) is 8.09. The molecule has 0 radical (unpaired) electrons. The van der Waals surface area contributed by atoms with Gasteiger partial charge < -0.3 is 15.0 Å². The van der Waals surface area contributed by atoms with Crippen molar-refractivity contribution in [3.8, 4) is 0 Å². The summed E-state index contributed by atoms with van der Waals surface area (Å²) < 4.78 is 5.63. The Morgan fingerprint density at radius 2 is 1.95 bits per heavy atom. The molecule has 0 aliphatic rings. The van der Waals surface area contributed by atoms with Gasteiger partial charge in [0.15, 0.2) is 0 Å². The van der Waals surface area contributed by atoms with Crippen molar-refractivity contribution in [1.82, 2.24) is 5.32 Å². The van der Waals surface area contributed by atoms with E-state index in [1.807, 2.05) is 12.1 Å². The molecule has 0 aliphatic heterocycles. The fourth-order valence-electron chi connectivity index (χ4n) is 2.11. The highest BCUT2D eigenvalue weighted by atomic mass is 35.5. The molecular weight excluding hydrogens is 284 g/mol. The van der Waals surface area contributed by atoms with Crippen LogP contribution in [0.3, 0.4) is 0 Å². The van der Waals surface area contributed by atoms with Crippen LogP contribution in [0.15, 0.2) is 18.2 Å². The van der Waals surface area contributed by atoms with Gasteiger partial charge in [-0.15, -0.1) is 0 Å². The Hall–Kier alpha value is -0.770. The quantitative estimate of drug-likeness (QED) is 0.747. The summed E-state index contributed by atoms with van der Waals surface area (Å²) in [6, 6.07) is 6.08. The molecule has 0 saturated heterocycles. The van der Waals surface area contributed by atoms with Crippen molar-refractivity contribution in [3.05, 3.63) is 28.8 Å². The van der Waals surface area contributed by atoms with Gasteiger partial charge in [0, 0.05) is 36.4 Å². The van der Waals surface area contributed by atoms with Crippen LogP contribution in [-0.2, 0) is 11.3 Å². The van der Waals surface area contributed by atoms with E-state index in [1.165, 1.54) is 5.69 Å². The molecule has 0 aromatic heterocycles. The number of rotatable bonds is 9. The Balaban J connectivity index is 2.69. The molecule has 0 aliphatic carbocycles. The van der Waals surface area contributed by atoms with Crippen LogP contribution in [0.5, 0.6) is 0 Å². The first kappa shape index (κ1) is 18.3. The van der Waals surface area contributed by atoms with E-state index in [9.17, 15) is 0 Å². The summed E-state index contributed by atoms with van der Waals surface area (Å²) >= 11 is 6.38. The van der Waals surface area contributed by atoms with Gasteiger partial charge in [-0.25, -0.2) is 0 Å². The van der Waals surface area contributed by atoms with Gasteiger partial charge in [-0.2, -0.15) is 0 Å². The van der Waals surface area contributed by atoms with Crippen molar-refractivity contribution in [2.24, 2.45) is 5.92 Å². The van der Waals surface area contributed by atoms with Gasteiger partial charge in [0.05, 0.1) is 12.7 Å². The normalized spacial score (nSPS) is 11.4. The van der Waals surface area contributed by atoms with Crippen molar-refractivity contribution in [2.75, 3.05) is 31.6 Å². The zero-order valence-corrected chi connectivity index (χ0v) is 14.7. The van der Waals surface area contributed by atoms with E-state index >= 15 is 0 Å². The molecule has 0 heterocycles. The van der Waals surface area contributed by atoms with Gasteiger partial charge in [-0.05, 0) is 38.4 Å². The predicted octanol–water partition coefficient (Wildman–Crippen LogP) is 3.95. The number of benzene rings is 1. The van der Waals surface area contributed by atoms with Crippen molar-refractivity contribution in [1.29, 1.82) is 0 Å². The number of ether oxygens (including phenoxy) is 1. The molecule has 0 saturated carbocycles. The summed E-state index contributed by atoms with van der Waals surface area (Å²) in [7, 11) is 2.08. The lowest BCUT2D eigenvalue weighted by Gasteiger charge is -2.24. The molecular formula is C17H29ClN2O. The SMILES string of the molecule is CC(C)CNCc1c(Cl)cccc1N(C)CCOC(C)C. The number of likely N-dealkylation sites (N-methyl/N-ethyl adjacent to an activating group) is 1. The van der Waals surface area contributed by atoms with Crippen molar-refractivity contribution in [2.45, 2.75) is 40.3 Å². The summed E-state index contributed by atoms with van der Waals surface area (Å²) in [6.45, 7) is 11.9. The highest BCUT2D eigenvalue weighted by molar-refractivity contribution is 6.31. The summed E-state index contributed by atoms with van der Waals surface area (Å²) in [5.41, 5.74) is 2.33. The van der Waals surface area contributed by atoms with Gasteiger partial charge in [0.25, 0.3) is 0 Å². The molecule has 21 heavy (non-hydrogen) atoms. The van der Waals surface area contributed by atoms with Crippen LogP contribution < -0.4 is 10.2 Å². The number of halogens is 1. The van der Waals surface area contributed by atoms with E-state index < -0.39 is 0 Å².